The summed E-state index contributed by atoms with van der Waals surface area (Å²) in [6.07, 6.45) is 4.46. The maximum atomic E-state index is 13.6. The first kappa shape index (κ1) is 35.7. The summed E-state index contributed by atoms with van der Waals surface area (Å²) < 4.78 is 2.09. The smallest absolute Gasteiger partial charge is 0.254 e. The standard InChI is InChI=1S/C37H44N8O5/c1-24(2)20-32-42-29-11-10-28-22-31(29)45(32)18-7-14-39-34(47)25(3)41-36(49)30(21-26-8-5-4-6-9-26)43-33(46)23-44(19-17-40-35(28)48)37(50)27-12-15-38-16-13-27/h4-6,8-13,15-16,22,24-25,30H,7,14,17-21,23H2,1-3H3,(H,39,47)(H,40,48)(H,41,49)(H,43,46)/t25-,30+/m1/s1. The molecule has 0 fully saturated rings. The summed E-state index contributed by atoms with van der Waals surface area (Å²) in [7, 11) is 0. The topological polar surface area (TPSA) is 167 Å². The van der Waals surface area contributed by atoms with Crippen LogP contribution in [0, 0.1) is 5.92 Å². The first-order valence-corrected chi connectivity index (χ1v) is 17.0. The molecule has 0 unspecified atom stereocenters. The van der Waals surface area contributed by atoms with Crippen LogP contribution in [0.4, 0.5) is 0 Å². The second-order valence-corrected chi connectivity index (χ2v) is 12.9. The number of nitrogens with one attached hydrogen (secondary N) is 4. The van der Waals surface area contributed by atoms with Crippen molar-refractivity contribution in [3.63, 3.8) is 0 Å². The van der Waals surface area contributed by atoms with Gasteiger partial charge in [-0.15, -0.1) is 0 Å². The van der Waals surface area contributed by atoms with E-state index in [9.17, 15) is 24.0 Å². The number of amides is 5. The number of aryl methyl sites for hydroxylation is 1. The Morgan fingerprint density at radius 2 is 1.66 bits per heavy atom. The Hall–Kier alpha value is -5.59. The molecular formula is C37H44N8O5. The van der Waals surface area contributed by atoms with Crippen molar-refractivity contribution in [1.29, 1.82) is 0 Å². The first-order valence-electron chi connectivity index (χ1n) is 17.0. The van der Waals surface area contributed by atoms with Crippen molar-refractivity contribution in [2.75, 3.05) is 26.2 Å². The lowest BCUT2D eigenvalue weighted by Gasteiger charge is -2.25. The molecule has 1 aliphatic rings. The van der Waals surface area contributed by atoms with Gasteiger partial charge in [0, 0.05) is 62.5 Å². The van der Waals surface area contributed by atoms with Crippen LogP contribution in [-0.2, 0) is 33.8 Å². The summed E-state index contributed by atoms with van der Waals surface area (Å²) in [5, 5.41) is 11.3. The van der Waals surface area contributed by atoms with Crippen molar-refractivity contribution in [2.45, 2.75) is 58.7 Å². The number of hydrogen-bond donors (Lipinski definition) is 4. The molecule has 2 atom stereocenters. The molecule has 5 amide bonds. The molecule has 4 N–H and O–H groups in total. The average molecular weight is 681 g/mol. The zero-order valence-electron chi connectivity index (χ0n) is 28.6. The van der Waals surface area contributed by atoms with E-state index in [4.69, 9.17) is 4.98 Å². The van der Waals surface area contributed by atoms with E-state index in [1.165, 1.54) is 17.3 Å². The zero-order chi connectivity index (χ0) is 35.6. The molecule has 0 saturated heterocycles. The lowest BCUT2D eigenvalue weighted by Crippen LogP contribution is -2.55. The maximum Gasteiger partial charge on any atom is 0.254 e. The van der Waals surface area contributed by atoms with Crippen molar-refractivity contribution >= 4 is 40.6 Å². The summed E-state index contributed by atoms with van der Waals surface area (Å²) in [6.45, 7) is 6.44. The van der Waals surface area contributed by atoms with E-state index < -0.39 is 29.8 Å². The summed E-state index contributed by atoms with van der Waals surface area (Å²) in [5.41, 5.74) is 3.12. The molecule has 13 heteroatoms. The number of pyridine rings is 1. The van der Waals surface area contributed by atoms with Crippen LogP contribution in [-0.4, -0.2) is 87.2 Å². The number of benzene rings is 2. The molecule has 0 spiro atoms. The number of fused-ring (bicyclic) bond motifs is 1. The molecule has 2 aromatic carbocycles. The summed E-state index contributed by atoms with van der Waals surface area (Å²) in [6, 6.07) is 15.7. The molecule has 0 saturated carbocycles. The fraction of sp³-hybridized carbons (Fsp3) is 0.378. The maximum absolute atomic E-state index is 13.6. The number of carbonyl (C=O) groups excluding carboxylic acids is 5. The summed E-state index contributed by atoms with van der Waals surface area (Å²) in [5.74, 6) is -0.998. The highest BCUT2D eigenvalue weighted by molar-refractivity contribution is 5.99. The molecular weight excluding hydrogens is 636 g/mol. The predicted octanol–water partition coefficient (Wildman–Crippen LogP) is 2.25. The van der Waals surface area contributed by atoms with Crippen LogP contribution in [0.5, 0.6) is 0 Å². The third kappa shape index (κ3) is 9.30. The average Bonchev–Trinajstić information content (AvgIpc) is 3.44. The summed E-state index contributed by atoms with van der Waals surface area (Å²) >= 11 is 0. The molecule has 5 rings (SSSR count). The number of aromatic nitrogens is 3. The molecule has 4 aromatic rings. The van der Waals surface area contributed by atoms with Crippen molar-refractivity contribution in [2.24, 2.45) is 5.92 Å². The number of rotatable bonds is 5. The molecule has 2 bridgehead atoms. The van der Waals surface area contributed by atoms with Gasteiger partial charge < -0.3 is 30.7 Å². The van der Waals surface area contributed by atoms with E-state index in [1.54, 1.807) is 31.2 Å². The third-order valence-electron chi connectivity index (χ3n) is 8.44. The number of nitrogens with zero attached hydrogens (tertiary/aromatic N) is 4. The summed E-state index contributed by atoms with van der Waals surface area (Å²) in [4.78, 5) is 77.2. The Morgan fingerprint density at radius 3 is 2.40 bits per heavy atom. The van der Waals surface area contributed by atoms with Gasteiger partial charge in [0.2, 0.25) is 17.7 Å². The minimum absolute atomic E-state index is 0.0196. The van der Waals surface area contributed by atoms with Crippen molar-refractivity contribution in [3.05, 3.63) is 95.6 Å². The minimum atomic E-state index is -1.03. The zero-order valence-corrected chi connectivity index (χ0v) is 28.6. The minimum Gasteiger partial charge on any atom is -0.354 e. The van der Waals surface area contributed by atoms with Gasteiger partial charge in [-0.2, -0.15) is 0 Å². The van der Waals surface area contributed by atoms with Crippen LogP contribution >= 0.6 is 0 Å². The molecule has 0 radical (unpaired) electrons. The van der Waals surface area contributed by atoms with E-state index >= 15 is 0 Å². The lowest BCUT2D eigenvalue weighted by molar-refractivity contribution is -0.132. The molecule has 3 heterocycles. The fourth-order valence-corrected chi connectivity index (χ4v) is 5.87. The van der Waals surface area contributed by atoms with E-state index in [1.807, 2.05) is 36.4 Å². The van der Waals surface area contributed by atoms with Crippen molar-refractivity contribution in [1.82, 2.24) is 40.7 Å². The van der Waals surface area contributed by atoms with Gasteiger partial charge in [0.25, 0.3) is 11.8 Å². The Balaban J connectivity index is 1.44. The highest BCUT2D eigenvalue weighted by atomic mass is 16.2. The quantitative estimate of drug-likeness (QED) is 0.251. The molecule has 0 aliphatic carbocycles. The highest BCUT2D eigenvalue weighted by Gasteiger charge is 2.27. The van der Waals surface area contributed by atoms with Crippen molar-refractivity contribution < 1.29 is 24.0 Å². The molecule has 50 heavy (non-hydrogen) atoms. The van der Waals surface area contributed by atoms with Gasteiger partial charge in [0.1, 0.15) is 17.9 Å². The SMILES string of the molecule is CC(C)Cc1nc2ccc3cc2n1CCCNC(=O)[C@@H](C)NC(=O)[C@H](Cc1ccccc1)NC(=O)CN(C(=O)c1ccncc1)CCNC3=O. The third-order valence-corrected chi connectivity index (χ3v) is 8.44. The number of carbonyl (C=O) groups is 5. The van der Waals surface area contributed by atoms with Crippen LogP contribution in [0.3, 0.4) is 0 Å². The van der Waals surface area contributed by atoms with Crippen LogP contribution in [0.15, 0.2) is 73.1 Å². The van der Waals surface area contributed by atoms with E-state index in [2.05, 4.69) is 44.7 Å². The van der Waals surface area contributed by atoms with Gasteiger partial charge in [-0.25, -0.2) is 4.98 Å². The largest absolute Gasteiger partial charge is 0.354 e. The molecule has 2 aromatic heterocycles. The van der Waals surface area contributed by atoms with E-state index in [0.29, 0.717) is 36.6 Å². The van der Waals surface area contributed by atoms with E-state index in [-0.39, 0.29) is 37.9 Å². The number of imidazole rings is 1. The second-order valence-electron chi connectivity index (χ2n) is 12.9. The molecule has 1 aliphatic heterocycles. The Morgan fingerprint density at radius 1 is 0.900 bits per heavy atom. The van der Waals surface area contributed by atoms with Gasteiger partial charge >= 0.3 is 0 Å². The van der Waals surface area contributed by atoms with Gasteiger partial charge in [0.15, 0.2) is 0 Å². The fourth-order valence-electron chi connectivity index (χ4n) is 5.87. The monoisotopic (exact) mass is 680 g/mol. The number of hydrogen-bond acceptors (Lipinski definition) is 7. The van der Waals surface area contributed by atoms with Crippen molar-refractivity contribution in [3.8, 4) is 0 Å². The lowest BCUT2D eigenvalue weighted by atomic mass is 10.0. The van der Waals surface area contributed by atoms with Crippen LogP contribution in [0.25, 0.3) is 11.0 Å². The normalized spacial score (nSPS) is 18.6. The van der Waals surface area contributed by atoms with Gasteiger partial charge in [0.05, 0.1) is 17.6 Å². The van der Waals surface area contributed by atoms with Crippen LogP contribution in [0.2, 0.25) is 0 Å². The Bertz CT molecular complexity index is 1830. The van der Waals surface area contributed by atoms with Crippen LogP contribution < -0.4 is 21.3 Å². The van der Waals surface area contributed by atoms with Gasteiger partial charge in [-0.1, -0.05) is 44.2 Å². The molecule has 262 valence electrons. The molecule has 13 nitrogen and oxygen atoms in total. The van der Waals surface area contributed by atoms with Gasteiger partial charge in [-0.05, 0) is 55.2 Å². The highest BCUT2D eigenvalue weighted by Crippen LogP contribution is 2.21. The van der Waals surface area contributed by atoms with Gasteiger partial charge in [-0.3, -0.25) is 29.0 Å². The Labute approximate surface area is 291 Å². The first-order chi connectivity index (χ1) is 24.1. The second kappa shape index (κ2) is 16.7. The van der Waals surface area contributed by atoms with E-state index in [0.717, 1.165) is 28.8 Å². The predicted molar refractivity (Wildman–Crippen MR) is 188 cm³/mol. The van der Waals surface area contributed by atoms with Crippen LogP contribution in [0.1, 0.15) is 59.3 Å². The Kier molecular flexibility index (Phi) is 11.9.